The first-order chi connectivity index (χ1) is 24.3. The van der Waals surface area contributed by atoms with Crippen LogP contribution in [0.5, 0.6) is 0 Å². The van der Waals surface area contributed by atoms with Gasteiger partial charge in [-0.3, -0.25) is 0 Å². The fraction of sp³-hybridized carbons (Fsp3) is 0. The molecule has 10 aromatic rings. The average molecular weight is 641 g/mol. The van der Waals surface area contributed by atoms with Crippen molar-refractivity contribution in [1.82, 2.24) is 9.97 Å². The summed E-state index contributed by atoms with van der Waals surface area (Å²) in [7, 11) is 0. The Hall–Kier alpha value is -6.16. The molecule has 0 aliphatic carbocycles. The molecule has 0 radical (unpaired) electrons. The summed E-state index contributed by atoms with van der Waals surface area (Å²) in [5.41, 5.74) is 7.46. The van der Waals surface area contributed by atoms with Crippen LogP contribution in [0.25, 0.3) is 97.5 Å². The highest BCUT2D eigenvalue weighted by Crippen LogP contribution is 2.42. The van der Waals surface area contributed by atoms with Crippen molar-refractivity contribution in [3.8, 4) is 45.0 Å². The number of benzene rings is 8. The fourth-order valence-corrected chi connectivity index (χ4v) is 8.51. The van der Waals surface area contributed by atoms with E-state index in [0.29, 0.717) is 0 Å². The Morgan fingerprint density at radius 1 is 0.367 bits per heavy atom. The molecule has 2 heterocycles. The topological polar surface area (TPSA) is 25.8 Å². The van der Waals surface area contributed by atoms with Crippen LogP contribution in [0.2, 0.25) is 0 Å². The Kier molecular flexibility index (Phi) is 6.39. The first-order valence-corrected chi connectivity index (χ1v) is 17.4. The van der Waals surface area contributed by atoms with Crippen LogP contribution in [0.15, 0.2) is 170 Å². The zero-order chi connectivity index (χ0) is 32.3. The maximum atomic E-state index is 5.19. The Morgan fingerprint density at radius 3 is 1.90 bits per heavy atom. The van der Waals surface area contributed by atoms with Crippen LogP contribution >= 0.6 is 11.3 Å². The van der Waals surface area contributed by atoms with Crippen molar-refractivity contribution >= 4 is 63.8 Å². The number of hydrogen-bond acceptors (Lipinski definition) is 3. The summed E-state index contributed by atoms with van der Waals surface area (Å²) in [5.74, 6) is 0.723. The second-order valence-electron chi connectivity index (χ2n) is 12.5. The van der Waals surface area contributed by atoms with Crippen molar-refractivity contribution in [2.75, 3.05) is 0 Å². The van der Waals surface area contributed by atoms with Gasteiger partial charge in [0.25, 0.3) is 0 Å². The van der Waals surface area contributed by atoms with Crippen LogP contribution in [0.3, 0.4) is 0 Å². The lowest BCUT2D eigenvalue weighted by atomic mass is 9.89. The number of aromatic nitrogens is 2. The minimum Gasteiger partial charge on any atom is -0.228 e. The third-order valence-corrected chi connectivity index (χ3v) is 10.8. The van der Waals surface area contributed by atoms with Gasteiger partial charge in [0.2, 0.25) is 0 Å². The zero-order valence-corrected chi connectivity index (χ0v) is 27.3. The first-order valence-electron chi connectivity index (χ1n) is 16.6. The van der Waals surface area contributed by atoms with E-state index in [1.54, 1.807) is 0 Å². The highest BCUT2D eigenvalue weighted by atomic mass is 32.1. The van der Waals surface area contributed by atoms with Crippen molar-refractivity contribution in [1.29, 1.82) is 0 Å². The molecule has 0 saturated carbocycles. The number of fused-ring (bicyclic) bond motifs is 7. The minimum absolute atomic E-state index is 0.723. The molecule has 228 valence electrons. The smallest absolute Gasteiger partial charge is 0.160 e. The lowest BCUT2D eigenvalue weighted by Crippen LogP contribution is -1.96. The van der Waals surface area contributed by atoms with Crippen molar-refractivity contribution in [2.45, 2.75) is 0 Å². The van der Waals surface area contributed by atoms with E-state index in [2.05, 4.69) is 152 Å². The molecular formula is C46H28N2S. The normalized spacial score (nSPS) is 11.7. The van der Waals surface area contributed by atoms with Gasteiger partial charge in [0.05, 0.1) is 11.4 Å². The first kappa shape index (κ1) is 27.9. The summed E-state index contributed by atoms with van der Waals surface area (Å²) >= 11 is 1.83. The standard InChI is InChI=1S/C46H28N2S/c1-2-12-32(13-3-1)46-47-40(28-41(48-46)37-18-10-20-43-45(37)38-17-8-9-19-42(38)49-43)30-21-23-31(24-22-30)44-35-16-7-5-14-33(35)27-39-34-15-6-4-11-29(34)25-26-36(39)44/h1-28H. The summed E-state index contributed by atoms with van der Waals surface area (Å²) in [6.45, 7) is 0. The van der Waals surface area contributed by atoms with Gasteiger partial charge >= 0.3 is 0 Å². The molecule has 0 aliphatic heterocycles. The van der Waals surface area contributed by atoms with Crippen LogP contribution in [0.4, 0.5) is 0 Å². The Labute approximate surface area is 287 Å². The van der Waals surface area contributed by atoms with Crippen molar-refractivity contribution in [3.05, 3.63) is 170 Å². The van der Waals surface area contributed by atoms with Crippen LogP contribution in [0.1, 0.15) is 0 Å². The van der Waals surface area contributed by atoms with Gasteiger partial charge in [-0.1, -0.05) is 146 Å². The quantitative estimate of drug-likeness (QED) is 0.141. The summed E-state index contributed by atoms with van der Waals surface area (Å²) in [4.78, 5) is 10.3. The molecule has 2 nitrogen and oxygen atoms in total. The van der Waals surface area contributed by atoms with E-state index in [0.717, 1.165) is 33.9 Å². The van der Waals surface area contributed by atoms with Gasteiger partial charge in [-0.2, -0.15) is 0 Å². The van der Waals surface area contributed by atoms with E-state index in [4.69, 9.17) is 9.97 Å². The molecule has 49 heavy (non-hydrogen) atoms. The van der Waals surface area contributed by atoms with Gasteiger partial charge in [0.15, 0.2) is 5.82 Å². The summed E-state index contributed by atoms with van der Waals surface area (Å²) in [6, 6.07) is 60.8. The van der Waals surface area contributed by atoms with Gasteiger partial charge in [0.1, 0.15) is 0 Å². The molecular weight excluding hydrogens is 613 g/mol. The molecule has 0 unspecified atom stereocenters. The summed E-state index contributed by atoms with van der Waals surface area (Å²) in [6.07, 6.45) is 0. The van der Waals surface area contributed by atoms with Gasteiger partial charge in [-0.05, 0) is 67.7 Å². The number of nitrogens with zero attached hydrogens (tertiary/aromatic N) is 2. The molecule has 0 atom stereocenters. The second kappa shape index (κ2) is 11.2. The van der Waals surface area contributed by atoms with Crippen LogP contribution < -0.4 is 0 Å². The molecule has 2 aromatic heterocycles. The maximum Gasteiger partial charge on any atom is 0.160 e. The molecule has 0 saturated heterocycles. The van der Waals surface area contributed by atoms with Gasteiger partial charge in [0, 0.05) is 36.9 Å². The van der Waals surface area contributed by atoms with E-state index in [1.807, 2.05) is 29.5 Å². The van der Waals surface area contributed by atoms with E-state index < -0.39 is 0 Å². The lowest BCUT2D eigenvalue weighted by molar-refractivity contribution is 1.19. The molecule has 0 amide bonds. The van der Waals surface area contributed by atoms with Crippen LogP contribution in [0, 0.1) is 0 Å². The Morgan fingerprint density at radius 2 is 1.04 bits per heavy atom. The van der Waals surface area contributed by atoms with E-state index in [9.17, 15) is 0 Å². The highest BCUT2D eigenvalue weighted by molar-refractivity contribution is 7.25. The second-order valence-corrected chi connectivity index (χ2v) is 13.6. The van der Waals surface area contributed by atoms with Crippen molar-refractivity contribution < 1.29 is 0 Å². The van der Waals surface area contributed by atoms with Gasteiger partial charge in [-0.25, -0.2) is 9.97 Å². The molecule has 0 fully saturated rings. The van der Waals surface area contributed by atoms with Crippen molar-refractivity contribution in [3.63, 3.8) is 0 Å². The third-order valence-electron chi connectivity index (χ3n) is 9.68. The Bertz CT molecular complexity index is 2870. The SMILES string of the molecule is c1ccc(-c2nc(-c3ccc(-c4c5ccccc5cc5c4ccc4ccccc45)cc3)cc(-c3cccc4sc5ccccc5c34)n2)cc1. The molecule has 0 bridgehead atoms. The monoisotopic (exact) mass is 640 g/mol. The van der Waals surface area contributed by atoms with E-state index in [-0.39, 0.29) is 0 Å². The predicted molar refractivity (Wildman–Crippen MR) is 209 cm³/mol. The summed E-state index contributed by atoms with van der Waals surface area (Å²) < 4.78 is 2.55. The van der Waals surface area contributed by atoms with Crippen LogP contribution in [-0.4, -0.2) is 9.97 Å². The van der Waals surface area contributed by atoms with E-state index >= 15 is 0 Å². The lowest BCUT2D eigenvalue weighted by Gasteiger charge is -2.15. The molecule has 8 aromatic carbocycles. The molecule has 0 spiro atoms. The number of thiophene rings is 1. The van der Waals surface area contributed by atoms with Gasteiger partial charge in [-0.15, -0.1) is 11.3 Å². The Balaban J connectivity index is 1.16. The zero-order valence-electron chi connectivity index (χ0n) is 26.5. The maximum absolute atomic E-state index is 5.19. The summed E-state index contributed by atoms with van der Waals surface area (Å²) in [5, 5.41) is 10.1. The minimum atomic E-state index is 0.723. The number of hydrogen-bond donors (Lipinski definition) is 0. The van der Waals surface area contributed by atoms with Crippen molar-refractivity contribution in [2.24, 2.45) is 0 Å². The van der Waals surface area contributed by atoms with Gasteiger partial charge < -0.3 is 0 Å². The molecule has 0 aliphatic rings. The average Bonchev–Trinajstić information content (AvgIpc) is 3.56. The molecule has 10 rings (SSSR count). The predicted octanol–water partition coefficient (Wildman–Crippen LogP) is 13.0. The third kappa shape index (κ3) is 4.62. The van der Waals surface area contributed by atoms with Crippen LogP contribution in [-0.2, 0) is 0 Å². The number of rotatable bonds is 4. The molecule has 0 N–H and O–H groups in total. The fourth-order valence-electron chi connectivity index (χ4n) is 7.38. The largest absolute Gasteiger partial charge is 0.228 e. The molecule has 3 heteroatoms. The highest BCUT2D eigenvalue weighted by Gasteiger charge is 2.17. The van der Waals surface area contributed by atoms with E-state index in [1.165, 1.54) is 63.6 Å².